The molecule has 2 aromatic rings. The molecule has 1 aromatic carbocycles. The number of nitrogen functional groups attached to an aromatic ring is 1. The number of carbonyl (C=O) groups excluding carboxylic acids is 1. The smallest absolute Gasteiger partial charge is 0.253 e. The number of halogens is 2. The van der Waals surface area contributed by atoms with E-state index in [9.17, 15) is 13.6 Å². The van der Waals surface area contributed by atoms with E-state index in [1.54, 1.807) is 17.9 Å². The van der Waals surface area contributed by atoms with Crippen LogP contribution in [0.2, 0.25) is 0 Å². The standard InChI is InChI=1S/C13H14F2N4O/c1-7-8(6-19(2)18-7)5-17-13(20)9-3-10(14)11(15)4-12(9)16/h3-4,6H,5,16H2,1-2H3,(H,17,20). The number of nitrogens with one attached hydrogen (secondary N) is 1. The first kappa shape index (κ1) is 14.0. The second-order valence-corrected chi connectivity index (χ2v) is 4.45. The van der Waals surface area contributed by atoms with Crippen LogP contribution in [0, 0.1) is 18.6 Å². The van der Waals surface area contributed by atoms with Gasteiger partial charge in [-0.3, -0.25) is 9.48 Å². The van der Waals surface area contributed by atoms with Crippen LogP contribution in [0.5, 0.6) is 0 Å². The lowest BCUT2D eigenvalue weighted by atomic mass is 10.1. The molecule has 1 heterocycles. The SMILES string of the molecule is Cc1nn(C)cc1CNC(=O)c1cc(F)c(F)cc1N. The highest BCUT2D eigenvalue weighted by Crippen LogP contribution is 2.17. The first-order chi connectivity index (χ1) is 9.38. The fraction of sp³-hybridized carbons (Fsp3) is 0.231. The Kier molecular flexibility index (Phi) is 3.69. The molecule has 0 aliphatic rings. The van der Waals surface area contributed by atoms with Crippen LogP contribution in [-0.2, 0) is 13.6 Å². The molecule has 5 nitrogen and oxygen atoms in total. The average Bonchev–Trinajstić information content (AvgIpc) is 2.69. The van der Waals surface area contributed by atoms with Crippen LogP contribution in [0.15, 0.2) is 18.3 Å². The number of nitrogens with zero attached hydrogens (tertiary/aromatic N) is 2. The summed E-state index contributed by atoms with van der Waals surface area (Å²) in [6.45, 7) is 2.05. The number of aromatic nitrogens is 2. The van der Waals surface area contributed by atoms with E-state index in [0.717, 1.165) is 23.4 Å². The van der Waals surface area contributed by atoms with Crippen LogP contribution >= 0.6 is 0 Å². The number of carbonyl (C=O) groups is 1. The normalized spacial score (nSPS) is 10.6. The Hall–Kier alpha value is -2.44. The van der Waals surface area contributed by atoms with Gasteiger partial charge < -0.3 is 11.1 Å². The monoisotopic (exact) mass is 280 g/mol. The molecule has 0 saturated heterocycles. The Morgan fingerprint density at radius 1 is 1.40 bits per heavy atom. The molecule has 0 aliphatic heterocycles. The molecule has 2 rings (SSSR count). The summed E-state index contributed by atoms with van der Waals surface area (Å²) in [7, 11) is 1.77. The predicted octanol–water partition coefficient (Wildman–Crippen LogP) is 1.52. The van der Waals surface area contributed by atoms with Gasteiger partial charge in [-0.25, -0.2) is 8.78 Å². The number of hydrogen-bond acceptors (Lipinski definition) is 3. The third kappa shape index (κ3) is 2.76. The molecule has 0 spiro atoms. The van der Waals surface area contributed by atoms with Gasteiger partial charge in [0, 0.05) is 37.1 Å². The van der Waals surface area contributed by atoms with E-state index in [-0.39, 0.29) is 17.8 Å². The van der Waals surface area contributed by atoms with Gasteiger partial charge in [-0.2, -0.15) is 5.10 Å². The van der Waals surface area contributed by atoms with Crippen LogP contribution in [0.4, 0.5) is 14.5 Å². The number of hydrogen-bond donors (Lipinski definition) is 2. The minimum Gasteiger partial charge on any atom is -0.398 e. The van der Waals surface area contributed by atoms with Gasteiger partial charge in [-0.15, -0.1) is 0 Å². The third-order valence-electron chi connectivity index (χ3n) is 2.89. The van der Waals surface area contributed by atoms with E-state index in [4.69, 9.17) is 5.73 Å². The van der Waals surface area contributed by atoms with Crippen molar-refractivity contribution in [3.8, 4) is 0 Å². The van der Waals surface area contributed by atoms with Crippen molar-refractivity contribution in [2.75, 3.05) is 5.73 Å². The Labute approximate surface area is 114 Å². The van der Waals surface area contributed by atoms with Crippen molar-refractivity contribution >= 4 is 11.6 Å². The van der Waals surface area contributed by atoms with E-state index >= 15 is 0 Å². The summed E-state index contributed by atoms with van der Waals surface area (Å²) in [5.41, 5.74) is 6.93. The Balaban J connectivity index is 2.13. The number of aryl methyl sites for hydroxylation is 2. The fourth-order valence-electron chi connectivity index (χ4n) is 1.85. The van der Waals surface area contributed by atoms with Gasteiger partial charge in [0.25, 0.3) is 5.91 Å². The molecule has 0 bridgehead atoms. The zero-order chi connectivity index (χ0) is 14.9. The molecular weight excluding hydrogens is 266 g/mol. The van der Waals surface area contributed by atoms with Crippen molar-refractivity contribution in [3.05, 3.63) is 46.8 Å². The van der Waals surface area contributed by atoms with Crippen LogP contribution in [0.3, 0.4) is 0 Å². The lowest BCUT2D eigenvalue weighted by molar-refractivity contribution is 0.0951. The summed E-state index contributed by atoms with van der Waals surface area (Å²) < 4.78 is 27.7. The largest absolute Gasteiger partial charge is 0.398 e. The molecule has 1 aromatic heterocycles. The highest BCUT2D eigenvalue weighted by atomic mass is 19.2. The molecule has 106 valence electrons. The van der Waals surface area contributed by atoms with Crippen molar-refractivity contribution in [1.29, 1.82) is 0 Å². The first-order valence-corrected chi connectivity index (χ1v) is 5.90. The molecule has 0 unspecified atom stereocenters. The number of benzene rings is 1. The molecule has 0 saturated carbocycles. The maximum absolute atomic E-state index is 13.1. The summed E-state index contributed by atoms with van der Waals surface area (Å²) >= 11 is 0. The lowest BCUT2D eigenvalue weighted by Crippen LogP contribution is -2.24. The number of amides is 1. The maximum Gasteiger partial charge on any atom is 0.253 e. The van der Waals surface area contributed by atoms with E-state index in [1.807, 2.05) is 6.92 Å². The molecule has 0 atom stereocenters. The van der Waals surface area contributed by atoms with Gasteiger partial charge in [0.05, 0.1) is 11.3 Å². The summed E-state index contributed by atoms with van der Waals surface area (Å²) in [6.07, 6.45) is 1.77. The molecule has 3 N–H and O–H groups in total. The van der Waals surface area contributed by atoms with E-state index in [0.29, 0.717) is 0 Å². The Morgan fingerprint density at radius 3 is 2.65 bits per heavy atom. The topological polar surface area (TPSA) is 72.9 Å². The third-order valence-corrected chi connectivity index (χ3v) is 2.89. The minimum absolute atomic E-state index is 0.0922. The molecule has 0 aliphatic carbocycles. The number of rotatable bonds is 3. The van der Waals surface area contributed by atoms with E-state index in [2.05, 4.69) is 10.4 Å². The predicted molar refractivity (Wildman–Crippen MR) is 69.9 cm³/mol. The van der Waals surface area contributed by atoms with Crippen molar-refractivity contribution in [3.63, 3.8) is 0 Å². The first-order valence-electron chi connectivity index (χ1n) is 5.90. The summed E-state index contributed by atoms with van der Waals surface area (Å²) in [5.74, 6) is -2.76. The second kappa shape index (κ2) is 5.28. The zero-order valence-corrected chi connectivity index (χ0v) is 11.1. The lowest BCUT2D eigenvalue weighted by Gasteiger charge is -2.07. The van der Waals surface area contributed by atoms with Crippen molar-refractivity contribution in [2.24, 2.45) is 7.05 Å². The van der Waals surface area contributed by atoms with Gasteiger partial charge in [-0.05, 0) is 13.0 Å². The van der Waals surface area contributed by atoms with Gasteiger partial charge >= 0.3 is 0 Å². The molecule has 0 radical (unpaired) electrons. The van der Waals surface area contributed by atoms with Gasteiger partial charge in [-0.1, -0.05) is 0 Å². The van der Waals surface area contributed by atoms with Crippen molar-refractivity contribution < 1.29 is 13.6 Å². The zero-order valence-electron chi connectivity index (χ0n) is 11.1. The second-order valence-electron chi connectivity index (χ2n) is 4.45. The highest BCUT2D eigenvalue weighted by Gasteiger charge is 2.14. The van der Waals surface area contributed by atoms with Crippen LogP contribution < -0.4 is 11.1 Å². The van der Waals surface area contributed by atoms with Crippen molar-refractivity contribution in [1.82, 2.24) is 15.1 Å². The number of anilines is 1. The fourth-order valence-corrected chi connectivity index (χ4v) is 1.85. The molecule has 7 heteroatoms. The molecule has 1 amide bonds. The summed E-state index contributed by atoms with van der Waals surface area (Å²) in [5, 5.41) is 6.73. The molecule has 20 heavy (non-hydrogen) atoms. The van der Waals surface area contributed by atoms with Crippen LogP contribution in [0.25, 0.3) is 0 Å². The van der Waals surface area contributed by atoms with Gasteiger partial charge in [0.2, 0.25) is 0 Å². The van der Waals surface area contributed by atoms with Crippen LogP contribution in [-0.4, -0.2) is 15.7 Å². The molecular formula is C13H14F2N4O. The highest BCUT2D eigenvalue weighted by molar-refractivity contribution is 5.99. The maximum atomic E-state index is 13.1. The van der Waals surface area contributed by atoms with Crippen molar-refractivity contribution in [2.45, 2.75) is 13.5 Å². The molecule has 0 fully saturated rings. The minimum atomic E-state index is -1.11. The van der Waals surface area contributed by atoms with Gasteiger partial charge in [0.1, 0.15) is 0 Å². The van der Waals surface area contributed by atoms with Crippen LogP contribution in [0.1, 0.15) is 21.6 Å². The van der Waals surface area contributed by atoms with E-state index in [1.165, 1.54) is 0 Å². The Morgan fingerprint density at radius 2 is 2.05 bits per heavy atom. The average molecular weight is 280 g/mol. The van der Waals surface area contributed by atoms with E-state index < -0.39 is 17.5 Å². The summed E-state index contributed by atoms with van der Waals surface area (Å²) in [6, 6.07) is 1.58. The number of nitrogens with two attached hydrogens (primary N) is 1. The Bertz CT molecular complexity index is 667. The van der Waals surface area contributed by atoms with Gasteiger partial charge in [0.15, 0.2) is 11.6 Å². The quantitative estimate of drug-likeness (QED) is 0.837. The summed E-state index contributed by atoms with van der Waals surface area (Å²) in [4.78, 5) is 11.9.